The molecule has 0 heterocycles. The van der Waals surface area contributed by atoms with Crippen molar-refractivity contribution in [3.63, 3.8) is 0 Å². The molecule has 2 nitrogen and oxygen atoms in total. The molecule has 0 amide bonds. The second-order valence-corrected chi connectivity index (χ2v) is 9.47. The van der Waals surface area contributed by atoms with Crippen LogP contribution < -0.4 is 5.30 Å². The minimum Gasteiger partial charge on any atom is -0.310 e. The van der Waals surface area contributed by atoms with E-state index in [1.54, 1.807) is 18.2 Å². The second kappa shape index (κ2) is 8.35. The lowest BCUT2D eigenvalue weighted by molar-refractivity contribution is -0.143. The zero-order chi connectivity index (χ0) is 22.9. The Balaban J connectivity index is 2.30. The Labute approximate surface area is 173 Å². The molecular formula is C22H15F6O2P. The summed E-state index contributed by atoms with van der Waals surface area (Å²) in [6.45, 7) is 0. The normalized spacial score (nSPS) is 14.1. The lowest BCUT2D eigenvalue weighted by Gasteiger charge is -2.23. The fraction of sp³-hybridized carbons (Fsp3) is 0.136. The predicted molar refractivity (Wildman–Crippen MR) is 105 cm³/mol. The maximum atomic E-state index is 14.0. The number of halogens is 6. The monoisotopic (exact) mass is 456 g/mol. The number of rotatable bonds is 5. The van der Waals surface area contributed by atoms with Gasteiger partial charge in [-0.2, -0.15) is 26.3 Å². The summed E-state index contributed by atoms with van der Waals surface area (Å²) in [5, 5.41) is -0.117. The first kappa shape index (κ1) is 22.8. The number of benzene rings is 3. The summed E-state index contributed by atoms with van der Waals surface area (Å²) in [4.78, 5) is 13.3. The van der Waals surface area contributed by atoms with Crippen LogP contribution in [0.2, 0.25) is 0 Å². The Morgan fingerprint density at radius 1 is 0.677 bits per heavy atom. The summed E-state index contributed by atoms with van der Waals surface area (Å²) in [5.74, 6) is 0. The maximum Gasteiger partial charge on any atom is 0.417 e. The van der Waals surface area contributed by atoms with E-state index in [1.807, 2.05) is 0 Å². The summed E-state index contributed by atoms with van der Waals surface area (Å²) in [6.07, 6.45) is -11.0. The molecule has 0 aliphatic rings. The van der Waals surface area contributed by atoms with E-state index in [0.717, 1.165) is 0 Å². The summed E-state index contributed by atoms with van der Waals surface area (Å²) in [6, 6.07) is 16.0. The summed E-state index contributed by atoms with van der Waals surface area (Å²) in [5.41, 5.74) is -6.48. The summed E-state index contributed by atoms with van der Waals surface area (Å²) in [7, 11) is -4.44. The summed E-state index contributed by atoms with van der Waals surface area (Å²) < 4.78 is 95.5. The molecule has 31 heavy (non-hydrogen) atoms. The molecule has 0 saturated heterocycles. The number of hydrogen-bond acceptors (Lipinski definition) is 2. The summed E-state index contributed by atoms with van der Waals surface area (Å²) >= 11 is 0. The standard InChI is InChI=1S/C22H15F6O2P/c23-21(24,25)17-12-7-13-18(22(26,27)28)19(17)20(29)31(30,16-10-5-2-6-11-16)14-15-8-3-1-4-9-15/h1-13H,14H2. The largest absolute Gasteiger partial charge is 0.417 e. The Kier molecular flexibility index (Phi) is 6.14. The van der Waals surface area contributed by atoms with Crippen LogP contribution in [0.1, 0.15) is 27.0 Å². The van der Waals surface area contributed by atoms with Gasteiger partial charge in [-0.1, -0.05) is 66.7 Å². The smallest absolute Gasteiger partial charge is 0.310 e. The first-order valence-corrected chi connectivity index (χ1v) is 10.8. The third-order valence-electron chi connectivity index (χ3n) is 4.64. The van der Waals surface area contributed by atoms with E-state index >= 15 is 0 Å². The van der Waals surface area contributed by atoms with E-state index in [-0.39, 0.29) is 5.30 Å². The minimum absolute atomic E-state index is 0.117. The van der Waals surface area contributed by atoms with Crippen LogP contribution in [0.4, 0.5) is 26.3 Å². The van der Waals surface area contributed by atoms with Crippen molar-refractivity contribution in [1.82, 2.24) is 0 Å². The predicted octanol–water partition coefficient (Wildman–Crippen LogP) is 6.75. The highest BCUT2D eigenvalue weighted by atomic mass is 31.2. The first-order valence-electron chi connectivity index (χ1n) is 8.95. The number of hydrogen-bond donors (Lipinski definition) is 0. The fourth-order valence-electron chi connectivity index (χ4n) is 3.23. The Morgan fingerprint density at radius 3 is 1.58 bits per heavy atom. The molecule has 3 rings (SSSR count). The van der Waals surface area contributed by atoms with Crippen LogP contribution in [0.15, 0.2) is 78.9 Å². The van der Waals surface area contributed by atoms with Gasteiger partial charge in [0.15, 0.2) is 7.14 Å². The third-order valence-corrected chi connectivity index (χ3v) is 7.46. The molecule has 0 aromatic heterocycles. The Bertz CT molecular complexity index is 1090. The number of carbonyl (C=O) groups is 1. The van der Waals surface area contributed by atoms with Crippen LogP contribution in [0.5, 0.6) is 0 Å². The highest BCUT2D eigenvalue weighted by molar-refractivity contribution is 7.86. The fourth-order valence-corrected chi connectivity index (χ4v) is 5.77. The van der Waals surface area contributed by atoms with Gasteiger partial charge in [0.25, 0.3) is 0 Å². The van der Waals surface area contributed by atoms with Crippen LogP contribution >= 0.6 is 7.14 Å². The van der Waals surface area contributed by atoms with Crippen molar-refractivity contribution < 1.29 is 35.7 Å². The van der Waals surface area contributed by atoms with Crippen LogP contribution in [0, 0.1) is 0 Å². The van der Waals surface area contributed by atoms with E-state index in [2.05, 4.69) is 0 Å². The van der Waals surface area contributed by atoms with Gasteiger partial charge < -0.3 is 4.57 Å². The van der Waals surface area contributed by atoms with Crippen LogP contribution in [0.3, 0.4) is 0 Å². The Hall–Kier alpha value is -2.86. The molecular weight excluding hydrogens is 441 g/mol. The van der Waals surface area contributed by atoms with E-state index in [4.69, 9.17) is 0 Å². The zero-order valence-electron chi connectivity index (χ0n) is 15.7. The molecule has 9 heteroatoms. The van der Waals surface area contributed by atoms with Gasteiger partial charge in [-0.25, -0.2) is 0 Å². The first-order chi connectivity index (χ1) is 14.4. The van der Waals surface area contributed by atoms with Crippen molar-refractivity contribution in [2.45, 2.75) is 18.5 Å². The molecule has 0 bridgehead atoms. The molecule has 3 aromatic rings. The lowest BCUT2D eigenvalue weighted by Crippen LogP contribution is -2.23. The highest BCUT2D eigenvalue weighted by Crippen LogP contribution is 2.54. The van der Waals surface area contributed by atoms with Crippen molar-refractivity contribution in [3.05, 3.63) is 101 Å². The van der Waals surface area contributed by atoms with Crippen molar-refractivity contribution >= 4 is 18.0 Å². The molecule has 1 unspecified atom stereocenters. The average molecular weight is 456 g/mol. The van der Waals surface area contributed by atoms with Gasteiger partial charge in [0.2, 0.25) is 5.52 Å². The number of carbonyl (C=O) groups excluding carboxylic acids is 1. The van der Waals surface area contributed by atoms with Crippen molar-refractivity contribution in [3.8, 4) is 0 Å². The number of alkyl halides is 6. The third kappa shape index (κ3) is 4.74. The second-order valence-electron chi connectivity index (χ2n) is 6.75. The minimum atomic E-state index is -5.25. The molecule has 0 spiro atoms. The van der Waals surface area contributed by atoms with E-state index in [9.17, 15) is 35.7 Å². The van der Waals surface area contributed by atoms with Gasteiger partial charge in [0.1, 0.15) is 0 Å². The lowest BCUT2D eigenvalue weighted by atomic mass is 10.0. The van der Waals surface area contributed by atoms with Gasteiger partial charge in [-0.05, 0) is 17.7 Å². The van der Waals surface area contributed by atoms with Crippen molar-refractivity contribution in [2.75, 3.05) is 0 Å². The molecule has 162 valence electrons. The van der Waals surface area contributed by atoms with Crippen LogP contribution in [-0.4, -0.2) is 5.52 Å². The topological polar surface area (TPSA) is 34.1 Å². The maximum absolute atomic E-state index is 14.0. The quantitative estimate of drug-likeness (QED) is 0.314. The van der Waals surface area contributed by atoms with Gasteiger partial charge in [-0.3, -0.25) is 4.79 Å². The molecule has 3 aromatic carbocycles. The molecule has 0 fully saturated rings. The zero-order valence-corrected chi connectivity index (χ0v) is 16.6. The highest BCUT2D eigenvalue weighted by Gasteiger charge is 2.47. The van der Waals surface area contributed by atoms with E-state index < -0.39 is 47.9 Å². The molecule has 1 atom stereocenters. The van der Waals surface area contributed by atoms with Crippen LogP contribution in [0.25, 0.3) is 0 Å². The van der Waals surface area contributed by atoms with Gasteiger partial charge in [-0.15, -0.1) is 0 Å². The van der Waals surface area contributed by atoms with Crippen molar-refractivity contribution in [2.24, 2.45) is 0 Å². The van der Waals surface area contributed by atoms with Crippen molar-refractivity contribution in [1.29, 1.82) is 0 Å². The van der Waals surface area contributed by atoms with Gasteiger partial charge >= 0.3 is 12.4 Å². The SMILES string of the molecule is O=C(c1c(C(F)(F)F)cccc1C(F)(F)F)P(=O)(Cc1ccccc1)c1ccccc1. The van der Waals surface area contributed by atoms with E-state index in [1.165, 1.54) is 42.5 Å². The van der Waals surface area contributed by atoms with Crippen LogP contribution in [-0.2, 0) is 23.1 Å². The molecule has 0 radical (unpaired) electrons. The van der Waals surface area contributed by atoms with Gasteiger partial charge in [0, 0.05) is 11.5 Å². The van der Waals surface area contributed by atoms with Gasteiger partial charge in [0.05, 0.1) is 16.7 Å². The molecule has 0 aliphatic heterocycles. The average Bonchev–Trinajstić information content (AvgIpc) is 2.72. The Morgan fingerprint density at radius 2 is 1.13 bits per heavy atom. The van der Waals surface area contributed by atoms with E-state index in [0.29, 0.717) is 23.8 Å². The molecule has 0 saturated carbocycles. The molecule has 0 aliphatic carbocycles. The molecule has 0 N–H and O–H groups in total.